The van der Waals surface area contributed by atoms with Crippen LogP contribution in [-0.4, -0.2) is 86.6 Å². The normalized spacial score (nSPS) is 0. The van der Waals surface area contributed by atoms with Gasteiger partial charge in [-0.1, -0.05) is 0 Å². The molecule has 0 aliphatic rings. The van der Waals surface area contributed by atoms with Gasteiger partial charge >= 0.3 is 86.6 Å². The van der Waals surface area contributed by atoms with Crippen LogP contribution < -0.4 is 0 Å². The summed E-state index contributed by atoms with van der Waals surface area (Å²) in [5, 5.41) is 0. The Bertz CT molecular complexity index is 16.0. The van der Waals surface area contributed by atoms with Gasteiger partial charge in [0.05, 0.1) is 0 Å². The number of hydrogen-bond donors (Lipinski definition) is 0. The molecule has 0 aromatic carbocycles. The van der Waals surface area contributed by atoms with Crippen LogP contribution in [0.25, 0.3) is 0 Å². The Morgan fingerprint density at radius 1 is 1.25 bits per heavy atom. The molecule has 0 spiro atoms. The minimum Gasteiger partial charge on any atom is -1.00 e. The standard InChI is InChI=1S/Ag.Ba.Ca.Zr.4H/q;2*+2;;4*-1. The average molecular weight is 381 g/mol. The molecule has 0 fully saturated rings. The molecule has 0 atom stereocenters. The molecule has 0 aromatic heterocycles. The van der Waals surface area contributed by atoms with Crippen molar-refractivity contribution in [1.82, 2.24) is 0 Å². The summed E-state index contributed by atoms with van der Waals surface area (Å²) < 4.78 is 0. The third-order valence-electron chi connectivity index (χ3n) is 0. The topological polar surface area (TPSA) is 0 Å². The third-order valence-corrected chi connectivity index (χ3v) is 0. The van der Waals surface area contributed by atoms with Crippen molar-refractivity contribution in [2.75, 3.05) is 0 Å². The van der Waals surface area contributed by atoms with Crippen LogP contribution >= 0.6 is 0 Å². The molecule has 0 unspecified atom stereocenters. The summed E-state index contributed by atoms with van der Waals surface area (Å²) in [5.74, 6) is 0. The van der Waals surface area contributed by atoms with Crippen molar-refractivity contribution in [2.24, 2.45) is 0 Å². The predicted octanol–water partition coefficient (Wildman–Crippen LogP) is -0.317. The van der Waals surface area contributed by atoms with E-state index in [-0.39, 0.29) is 141 Å². The summed E-state index contributed by atoms with van der Waals surface area (Å²) in [6, 6.07) is 0. The Balaban J connectivity index is 0. The molecular formula is H4AgBaCaZr. The summed E-state index contributed by atoms with van der Waals surface area (Å²) in [6.45, 7) is 0. The second-order valence-corrected chi connectivity index (χ2v) is 0. The van der Waals surface area contributed by atoms with E-state index in [0.717, 1.165) is 0 Å². The molecule has 0 aromatic rings. The molecule has 4 heteroatoms. The van der Waals surface area contributed by atoms with Crippen molar-refractivity contribution in [3.8, 4) is 0 Å². The zero-order chi connectivity index (χ0) is 0. The summed E-state index contributed by atoms with van der Waals surface area (Å²) in [7, 11) is 0. The van der Waals surface area contributed by atoms with E-state index in [1.807, 2.05) is 0 Å². The van der Waals surface area contributed by atoms with E-state index in [1.54, 1.807) is 0 Å². The van der Waals surface area contributed by atoms with E-state index in [4.69, 9.17) is 0 Å². The van der Waals surface area contributed by atoms with Crippen LogP contribution in [0.3, 0.4) is 0 Å². The molecule has 4 heavy (non-hydrogen) atoms. The van der Waals surface area contributed by atoms with Crippen molar-refractivity contribution in [1.29, 1.82) is 0 Å². The molecular weight excluding hydrogens is 376 g/mol. The van der Waals surface area contributed by atoms with Gasteiger partial charge in [0.15, 0.2) is 0 Å². The zero-order valence-corrected chi connectivity index (χ0v) is 12.8. The molecule has 1 radical (unpaired) electrons. The van der Waals surface area contributed by atoms with Crippen LogP contribution in [0, 0.1) is 0 Å². The van der Waals surface area contributed by atoms with E-state index >= 15 is 0 Å². The van der Waals surface area contributed by atoms with Crippen LogP contribution in [0.15, 0.2) is 0 Å². The van der Waals surface area contributed by atoms with E-state index in [9.17, 15) is 0 Å². The number of hydrogen-bond acceptors (Lipinski definition) is 0. The molecule has 0 heterocycles. The van der Waals surface area contributed by atoms with Crippen molar-refractivity contribution < 1.29 is 54.3 Å². The van der Waals surface area contributed by atoms with Crippen molar-refractivity contribution in [3.05, 3.63) is 0 Å². The molecule has 0 rings (SSSR count). The molecule has 0 aliphatic carbocycles. The summed E-state index contributed by atoms with van der Waals surface area (Å²) >= 11 is 0. The fraction of sp³-hybridized carbons (Fsp3) is 0. The Hall–Kier alpha value is 4.45. The van der Waals surface area contributed by atoms with Gasteiger partial charge in [-0.25, -0.2) is 0 Å². The van der Waals surface area contributed by atoms with E-state index in [0.29, 0.717) is 0 Å². The molecule has 0 saturated heterocycles. The first-order valence-corrected chi connectivity index (χ1v) is 0. The van der Waals surface area contributed by atoms with Gasteiger partial charge < -0.3 is 5.71 Å². The monoisotopic (exact) mass is 379 g/mol. The SMILES string of the molecule is [Ag].[Ba+2].[Ca+2].[H-].[H-].[H-].[H-].[Zr]. The van der Waals surface area contributed by atoms with Gasteiger partial charge in [0.1, 0.15) is 0 Å². The summed E-state index contributed by atoms with van der Waals surface area (Å²) in [5.41, 5.74) is 0. The van der Waals surface area contributed by atoms with Gasteiger partial charge in [-0.3, -0.25) is 0 Å². The third kappa shape index (κ3) is 9.68. The largest absolute Gasteiger partial charge is 2.00 e. The first-order chi connectivity index (χ1) is 0. The average Bonchev–Trinajstić information content (AvgIpc) is 0. The molecule has 0 amide bonds. The zero-order valence-electron chi connectivity index (χ0n) is 6.22. The van der Waals surface area contributed by atoms with Gasteiger partial charge in [0, 0.05) is 48.6 Å². The maximum absolute atomic E-state index is 0. The first-order valence-electron chi connectivity index (χ1n) is 0. The second kappa shape index (κ2) is 15.7. The van der Waals surface area contributed by atoms with Gasteiger partial charge in [-0.05, 0) is 0 Å². The van der Waals surface area contributed by atoms with Gasteiger partial charge in [0.25, 0.3) is 0 Å². The van der Waals surface area contributed by atoms with Crippen molar-refractivity contribution in [2.45, 2.75) is 0 Å². The first kappa shape index (κ1) is 23.7. The fourth-order valence-corrected chi connectivity index (χ4v) is 0. The molecule has 0 aliphatic heterocycles. The summed E-state index contributed by atoms with van der Waals surface area (Å²) in [6.07, 6.45) is 0. The van der Waals surface area contributed by atoms with Gasteiger partial charge in [-0.15, -0.1) is 0 Å². The Labute approximate surface area is 137 Å². The Morgan fingerprint density at radius 3 is 1.25 bits per heavy atom. The van der Waals surface area contributed by atoms with Crippen molar-refractivity contribution in [3.63, 3.8) is 0 Å². The quantitative estimate of drug-likeness (QED) is 0.506. The van der Waals surface area contributed by atoms with Gasteiger partial charge in [-0.2, -0.15) is 0 Å². The minimum absolute atomic E-state index is 0. The van der Waals surface area contributed by atoms with Crippen LogP contribution in [0.4, 0.5) is 0 Å². The van der Waals surface area contributed by atoms with Crippen LogP contribution in [0.5, 0.6) is 0 Å². The molecule has 0 bridgehead atoms. The van der Waals surface area contributed by atoms with E-state index in [1.165, 1.54) is 0 Å². The smallest absolute Gasteiger partial charge is 1.00 e. The fourth-order valence-electron chi connectivity index (χ4n) is 0. The van der Waals surface area contributed by atoms with Crippen molar-refractivity contribution >= 4 is 86.6 Å². The molecule has 0 N–H and O–H groups in total. The molecule has 23 valence electrons. The Morgan fingerprint density at radius 2 is 1.25 bits per heavy atom. The van der Waals surface area contributed by atoms with Crippen LogP contribution in [0.1, 0.15) is 5.71 Å². The molecule has 0 saturated carbocycles. The second-order valence-electron chi connectivity index (χ2n) is 0. The van der Waals surface area contributed by atoms with Crippen LogP contribution in [0.2, 0.25) is 0 Å². The van der Waals surface area contributed by atoms with Crippen LogP contribution in [-0.2, 0) is 48.6 Å². The summed E-state index contributed by atoms with van der Waals surface area (Å²) in [4.78, 5) is 0. The van der Waals surface area contributed by atoms with E-state index in [2.05, 4.69) is 0 Å². The maximum atomic E-state index is 0. The number of rotatable bonds is 0. The minimum atomic E-state index is 0. The molecule has 0 nitrogen and oxygen atoms in total. The predicted molar refractivity (Wildman–Crippen MR) is 16.0 cm³/mol. The van der Waals surface area contributed by atoms with Gasteiger partial charge in [0.2, 0.25) is 0 Å². The Kier molecular flexibility index (Phi) is 92.6. The van der Waals surface area contributed by atoms with E-state index < -0.39 is 0 Å². The maximum Gasteiger partial charge on any atom is 2.00 e.